The van der Waals surface area contributed by atoms with Gasteiger partial charge in [0.05, 0.1) is 55.7 Å². The molecule has 2 heterocycles. The number of rotatable bonds is 5. The number of H-pyrrole nitrogens is 1. The predicted molar refractivity (Wildman–Crippen MR) is 93.0 cm³/mol. The fraction of sp³-hybridized carbons (Fsp3) is 0.294. The Labute approximate surface area is 151 Å². The quantitative estimate of drug-likeness (QED) is 0.765. The van der Waals surface area contributed by atoms with Crippen LogP contribution in [0.15, 0.2) is 29.5 Å². The van der Waals surface area contributed by atoms with E-state index in [-0.39, 0.29) is 21.9 Å². The van der Waals surface area contributed by atoms with E-state index in [2.05, 4.69) is 15.0 Å². The van der Waals surface area contributed by atoms with Gasteiger partial charge in [0.25, 0.3) is 0 Å². The van der Waals surface area contributed by atoms with Crippen molar-refractivity contribution in [3.8, 4) is 11.5 Å². The molecule has 0 saturated heterocycles. The van der Waals surface area contributed by atoms with Gasteiger partial charge in [-0.25, -0.2) is 4.98 Å². The molecule has 0 aliphatic carbocycles. The number of hydrogen-bond donors (Lipinski definition) is 1. The number of fused-ring (bicyclic) bond motifs is 1. The number of aromatic amines is 1. The van der Waals surface area contributed by atoms with Crippen molar-refractivity contribution >= 4 is 21.8 Å². The van der Waals surface area contributed by atoms with E-state index in [0.717, 1.165) is 11.1 Å². The van der Waals surface area contributed by atoms with Gasteiger partial charge in [-0.2, -0.15) is 0 Å². The molecular formula is C17H19N3O3S. The van der Waals surface area contributed by atoms with Gasteiger partial charge in [0.1, 0.15) is 11.5 Å². The molecule has 1 aromatic carbocycles. The zero-order valence-corrected chi connectivity index (χ0v) is 14.1. The fourth-order valence-corrected chi connectivity index (χ4v) is 3.45. The highest BCUT2D eigenvalue weighted by molar-refractivity contribution is 7.84. The smallest absolute Gasteiger partial charge is 0.197 e. The van der Waals surface area contributed by atoms with Crippen molar-refractivity contribution in [1.29, 1.82) is 0 Å². The lowest BCUT2D eigenvalue weighted by atomic mass is 10.1. The van der Waals surface area contributed by atoms with Crippen molar-refractivity contribution in [3.63, 3.8) is 0 Å². The second-order valence-corrected chi connectivity index (χ2v) is 6.47. The van der Waals surface area contributed by atoms with Crippen LogP contribution >= 0.6 is 0 Å². The average molecular weight is 351 g/mol. The maximum absolute atomic E-state index is 12.9. The van der Waals surface area contributed by atoms with Gasteiger partial charge < -0.3 is 14.5 Å². The molecule has 1 N–H and O–H groups in total. The number of methoxy groups -OCH3 is 2. The minimum atomic E-state index is -2.88. The molecule has 0 spiro atoms. The lowest BCUT2D eigenvalue weighted by Gasteiger charge is -2.11. The maximum Gasteiger partial charge on any atom is 0.197 e. The molecule has 3 rings (SSSR count). The number of aromatic nitrogens is 3. The molecule has 1 unspecified atom stereocenters. The second kappa shape index (κ2) is 6.60. The van der Waals surface area contributed by atoms with Crippen LogP contribution in [0.3, 0.4) is 0 Å². The van der Waals surface area contributed by atoms with Gasteiger partial charge >= 0.3 is 0 Å². The Bertz CT molecular complexity index is 1160. The van der Waals surface area contributed by atoms with E-state index < -0.39 is 41.7 Å². The molecule has 1 atom stereocenters. The van der Waals surface area contributed by atoms with Crippen molar-refractivity contribution in [2.45, 2.75) is 24.8 Å². The molecule has 7 heteroatoms. The second-order valence-electron chi connectivity index (χ2n) is 5.11. The molecule has 3 aromatic rings. The number of benzene rings is 1. The normalized spacial score (nSPS) is 16.5. The summed E-state index contributed by atoms with van der Waals surface area (Å²) >= 11 is 0. The van der Waals surface area contributed by atoms with Gasteiger partial charge in [0.2, 0.25) is 0 Å². The number of imidazole rings is 1. The number of hydrogen-bond acceptors (Lipinski definition) is 5. The van der Waals surface area contributed by atoms with Gasteiger partial charge in [0.15, 0.2) is 5.16 Å². The first kappa shape index (κ1) is 10.5. The summed E-state index contributed by atoms with van der Waals surface area (Å²) in [5.41, 5.74) is 2.05. The van der Waals surface area contributed by atoms with Gasteiger partial charge in [-0.1, -0.05) is 0 Å². The first-order valence-electron chi connectivity index (χ1n) is 10.0. The Balaban J connectivity index is 2.03. The van der Waals surface area contributed by atoms with Crippen LogP contribution in [0, 0.1) is 13.8 Å². The number of nitrogens with zero attached hydrogens (tertiary/aromatic N) is 2. The van der Waals surface area contributed by atoms with Crippen molar-refractivity contribution in [3.05, 3.63) is 41.1 Å². The van der Waals surface area contributed by atoms with E-state index in [1.165, 1.54) is 7.11 Å². The van der Waals surface area contributed by atoms with Gasteiger partial charge in [-0.15, -0.1) is 0 Å². The molecule has 6 nitrogen and oxygen atoms in total. The van der Waals surface area contributed by atoms with E-state index in [9.17, 15) is 4.21 Å². The molecule has 0 amide bonds. The first-order chi connectivity index (χ1) is 13.9. The van der Waals surface area contributed by atoms with E-state index >= 15 is 0 Å². The molecule has 24 heavy (non-hydrogen) atoms. The molecule has 126 valence electrons. The summed E-state index contributed by atoms with van der Waals surface area (Å²) in [4.78, 5) is 11.1. The van der Waals surface area contributed by atoms with Crippen molar-refractivity contribution in [2.24, 2.45) is 0 Å². The number of nitrogens with one attached hydrogen (secondary N) is 1. The largest absolute Gasteiger partial charge is 0.497 e. The molecule has 0 aliphatic heterocycles. The van der Waals surface area contributed by atoms with Crippen LogP contribution in [0.25, 0.3) is 11.0 Å². The van der Waals surface area contributed by atoms with E-state index in [4.69, 9.17) is 17.7 Å². The Morgan fingerprint density at radius 3 is 2.96 bits per heavy atom. The SMILES string of the molecule is [2H]c1c(OC([2H])([2H])[2H])c([2H])c2[nH]c(S(=O)Cc3ncc(C)c(OC)c3C)nc2c1[2H]. The van der Waals surface area contributed by atoms with Gasteiger partial charge in [-0.05, 0) is 25.9 Å². The van der Waals surface area contributed by atoms with E-state index in [1.54, 1.807) is 13.1 Å². The Morgan fingerprint density at radius 1 is 1.38 bits per heavy atom. The average Bonchev–Trinajstić information content (AvgIpc) is 3.11. The third-order valence-electron chi connectivity index (χ3n) is 3.55. The van der Waals surface area contributed by atoms with E-state index in [0.29, 0.717) is 11.4 Å². The predicted octanol–water partition coefficient (Wildman–Crippen LogP) is 2.90. The maximum atomic E-state index is 12.9. The Kier molecular flexibility index (Phi) is 2.88. The zero-order chi connectivity index (χ0) is 22.4. The minimum absolute atomic E-state index is 0.00925. The zero-order valence-electron chi connectivity index (χ0n) is 19.3. The molecule has 0 saturated carbocycles. The van der Waals surface area contributed by atoms with Crippen LogP contribution < -0.4 is 9.47 Å². The molecule has 0 aliphatic rings. The summed E-state index contributed by atoms with van der Waals surface area (Å²) in [5, 5.41) is -0.0156. The molecule has 2 aromatic heterocycles. The monoisotopic (exact) mass is 351 g/mol. The fourth-order valence-electron chi connectivity index (χ4n) is 2.36. The van der Waals surface area contributed by atoms with Gasteiger partial charge in [0, 0.05) is 23.4 Å². The first-order valence-corrected chi connectivity index (χ1v) is 8.32. The standard InChI is InChI=1S/C17H19N3O3S/c1-10-8-18-15(11(2)16(10)23-4)9-24(21)17-19-13-6-5-12(22-3)7-14(13)20-17/h5-8H,9H2,1-4H3,(H,19,20)/i3D3,5D,6D,7D. The third-order valence-corrected chi connectivity index (χ3v) is 4.71. The highest BCUT2D eigenvalue weighted by Crippen LogP contribution is 2.26. The highest BCUT2D eigenvalue weighted by Gasteiger charge is 2.16. The lowest BCUT2D eigenvalue weighted by molar-refractivity contribution is 0.407. The van der Waals surface area contributed by atoms with Crippen molar-refractivity contribution in [2.75, 3.05) is 14.1 Å². The van der Waals surface area contributed by atoms with Crippen molar-refractivity contribution in [1.82, 2.24) is 15.0 Å². The van der Waals surface area contributed by atoms with Crippen LogP contribution in [-0.2, 0) is 16.6 Å². The van der Waals surface area contributed by atoms with Crippen LogP contribution in [0.2, 0.25) is 0 Å². The minimum Gasteiger partial charge on any atom is -0.497 e. The summed E-state index contributed by atoms with van der Waals surface area (Å²) in [6.07, 6.45) is 1.62. The van der Waals surface area contributed by atoms with Crippen LogP contribution in [-0.4, -0.2) is 33.3 Å². The Hall–Kier alpha value is -2.41. The van der Waals surface area contributed by atoms with Crippen LogP contribution in [0.1, 0.15) is 25.0 Å². The summed E-state index contributed by atoms with van der Waals surface area (Å²) in [6.45, 7) is 3.65. The van der Waals surface area contributed by atoms with Crippen LogP contribution in [0.5, 0.6) is 11.5 Å². The molecular weight excluding hydrogens is 326 g/mol. The van der Waals surface area contributed by atoms with Crippen LogP contribution in [0.4, 0.5) is 0 Å². The number of ether oxygens (including phenoxy) is 2. The topological polar surface area (TPSA) is 77.1 Å². The lowest BCUT2D eigenvalue weighted by Crippen LogP contribution is -2.05. The summed E-state index contributed by atoms with van der Waals surface area (Å²) in [7, 11) is -3.05. The number of aryl methyl sites for hydroxylation is 1. The number of pyridine rings is 1. The summed E-state index contributed by atoms with van der Waals surface area (Å²) < 4.78 is 68.8. The van der Waals surface area contributed by atoms with Gasteiger partial charge in [-0.3, -0.25) is 9.19 Å². The summed E-state index contributed by atoms with van der Waals surface area (Å²) in [5.74, 6) is 0.0954. The van der Waals surface area contributed by atoms with Crippen molar-refractivity contribution < 1.29 is 21.9 Å². The summed E-state index contributed by atoms with van der Waals surface area (Å²) in [6, 6.07) is -1.44. The van der Waals surface area contributed by atoms with E-state index in [1.807, 2.05) is 6.92 Å². The Morgan fingerprint density at radius 2 is 2.21 bits per heavy atom. The molecule has 0 bridgehead atoms. The third kappa shape index (κ3) is 2.99. The highest BCUT2D eigenvalue weighted by atomic mass is 32.2. The molecule has 0 radical (unpaired) electrons. The molecule has 0 fully saturated rings.